The summed E-state index contributed by atoms with van der Waals surface area (Å²) < 4.78 is 2.29. The van der Waals surface area contributed by atoms with Crippen molar-refractivity contribution in [1.82, 2.24) is 19.4 Å². The smallest absolute Gasteiger partial charge is 0.317 e. The first-order valence-electron chi connectivity index (χ1n) is 11.5. The minimum atomic E-state index is -0.932. The first-order valence-corrected chi connectivity index (χ1v) is 12.6. The first kappa shape index (κ1) is 29.0. The third-order valence-electron chi connectivity index (χ3n) is 5.27. The lowest BCUT2D eigenvalue weighted by Gasteiger charge is -2.32. The van der Waals surface area contributed by atoms with Crippen molar-refractivity contribution in [3.8, 4) is 0 Å². The molecule has 1 fully saturated rings. The summed E-state index contributed by atoms with van der Waals surface area (Å²) in [4.78, 5) is 39.3. The van der Waals surface area contributed by atoms with Gasteiger partial charge in [-0.15, -0.1) is 0 Å². The summed E-state index contributed by atoms with van der Waals surface area (Å²) in [7, 11) is 0.536. The van der Waals surface area contributed by atoms with Crippen LogP contribution in [0.2, 0.25) is 0 Å². The van der Waals surface area contributed by atoms with Crippen LogP contribution in [0, 0.1) is 6.92 Å². The third kappa shape index (κ3) is 12.7. The highest BCUT2D eigenvalue weighted by Gasteiger charge is 2.18. The fraction of sp³-hybridized carbons (Fsp3) is 0.609. The molecule has 1 aliphatic rings. The second-order valence-electron chi connectivity index (χ2n) is 7.79. The predicted octanol–water partition coefficient (Wildman–Crippen LogP) is 1.66. The standard InChI is InChI=1S/C21H33N4O5P.C2H6/c1-18-2-4-19(5-3-18)16-31-25-12-10-23(15-21(29)30)7-6-22(14-20(27)28)8-9-24(17-26)11-13-25;1-2/h2-5,17,31H,6-16H2,1H3,(H,27,28)(H,29,30);1-2H3. The van der Waals surface area contributed by atoms with Gasteiger partial charge in [-0.1, -0.05) is 43.7 Å². The monoisotopic (exact) mass is 482 g/mol. The van der Waals surface area contributed by atoms with Crippen molar-refractivity contribution in [2.45, 2.75) is 26.9 Å². The number of aryl methyl sites for hydroxylation is 1. The predicted molar refractivity (Wildman–Crippen MR) is 132 cm³/mol. The third-order valence-corrected chi connectivity index (χ3v) is 6.73. The highest BCUT2D eigenvalue weighted by atomic mass is 31.1. The summed E-state index contributed by atoms with van der Waals surface area (Å²) >= 11 is 0. The van der Waals surface area contributed by atoms with Crippen molar-refractivity contribution < 1.29 is 24.6 Å². The van der Waals surface area contributed by atoms with E-state index in [1.807, 2.05) is 18.7 Å². The second kappa shape index (κ2) is 16.5. The van der Waals surface area contributed by atoms with Crippen LogP contribution in [0.3, 0.4) is 0 Å². The van der Waals surface area contributed by atoms with E-state index in [4.69, 9.17) is 5.11 Å². The normalized spacial score (nSPS) is 17.6. The van der Waals surface area contributed by atoms with E-state index in [1.165, 1.54) is 11.1 Å². The summed E-state index contributed by atoms with van der Waals surface area (Å²) in [6.45, 7) is 10.2. The zero-order chi connectivity index (χ0) is 24.6. The average Bonchev–Trinajstić information content (AvgIpc) is 2.78. The van der Waals surface area contributed by atoms with Crippen molar-refractivity contribution in [3.63, 3.8) is 0 Å². The molecule has 2 rings (SSSR count). The molecule has 0 saturated carbocycles. The Balaban J connectivity index is 0.00000265. The van der Waals surface area contributed by atoms with Gasteiger partial charge in [-0.3, -0.25) is 28.9 Å². The number of amides is 1. The van der Waals surface area contributed by atoms with E-state index >= 15 is 0 Å². The zero-order valence-electron chi connectivity index (χ0n) is 20.1. The fourth-order valence-corrected chi connectivity index (χ4v) is 4.54. The van der Waals surface area contributed by atoms with Crippen LogP contribution >= 0.6 is 8.73 Å². The van der Waals surface area contributed by atoms with Crippen LogP contribution in [0.15, 0.2) is 24.3 Å². The number of carboxylic acid groups (broad SMARTS) is 2. The molecule has 10 heteroatoms. The number of aliphatic carboxylic acids is 2. The van der Waals surface area contributed by atoms with E-state index < -0.39 is 11.9 Å². The highest BCUT2D eigenvalue weighted by Crippen LogP contribution is 2.24. The van der Waals surface area contributed by atoms with Crippen LogP contribution < -0.4 is 0 Å². The Labute approximate surface area is 199 Å². The van der Waals surface area contributed by atoms with Gasteiger partial charge in [0.1, 0.15) is 0 Å². The number of carbonyl (C=O) groups is 3. The Kier molecular flexibility index (Phi) is 14.5. The van der Waals surface area contributed by atoms with Crippen molar-refractivity contribution >= 4 is 27.1 Å². The van der Waals surface area contributed by atoms with E-state index in [0.29, 0.717) is 61.1 Å². The van der Waals surface area contributed by atoms with E-state index in [0.717, 1.165) is 12.6 Å². The molecule has 186 valence electrons. The van der Waals surface area contributed by atoms with Crippen LogP contribution in [0.4, 0.5) is 0 Å². The zero-order valence-corrected chi connectivity index (χ0v) is 21.1. The molecule has 1 unspecified atom stereocenters. The van der Waals surface area contributed by atoms with Crippen LogP contribution in [-0.2, 0) is 20.5 Å². The van der Waals surface area contributed by atoms with Gasteiger partial charge in [0.2, 0.25) is 6.41 Å². The number of benzene rings is 1. The maximum atomic E-state index is 11.5. The number of hydrogen-bond donors (Lipinski definition) is 2. The highest BCUT2D eigenvalue weighted by molar-refractivity contribution is 7.34. The molecule has 9 nitrogen and oxygen atoms in total. The molecular weight excluding hydrogens is 443 g/mol. The molecule has 33 heavy (non-hydrogen) atoms. The Bertz CT molecular complexity index is 719. The maximum absolute atomic E-state index is 11.5. The minimum Gasteiger partial charge on any atom is -0.480 e. The molecule has 0 aromatic heterocycles. The van der Waals surface area contributed by atoms with Crippen LogP contribution in [0.1, 0.15) is 25.0 Å². The number of hydrogen-bond acceptors (Lipinski definition) is 6. The lowest BCUT2D eigenvalue weighted by atomic mass is 10.2. The molecular formula is C23H39N4O5P. The Morgan fingerprint density at radius 3 is 1.82 bits per heavy atom. The second-order valence-corrected chi connectivity index (χ2v) is 9.09. The van der Waals surface area contributed by atoms with Gasteiger partial charge in [-0.05, 0) is 21.2 Å². The van der Waals surface area contributed by atoms with Gasteiger partial charge in [0, 0.05) is 58.5 Å². The first-order chi connectivity index (χ1) is 15.9. The molecule has 2 N–H and O–H groups in total. The quantitative estimate of drug-likeness (QED) is 0.426. The topological polar surface area (TPSA) is 105 Å². The molecule has 1 amide bonds. The van der Waals surface area contributed by atoms with Crippen LogP contribution in [0.5, 0.6) is 0 Å². The van der Waals surface area contributed by atoms with Crippen molar-refractivity contribution in [1.29, 1.82) is 0 Å². The summed E-state index contributed by atoms with van der Waals surface area (Å²) in [5.74, 6) is -1.82. The fourth-order valence-electron chi connectivity index (χ4n) is 3.38. The largest absolute Gasteiger partial charge is 0.480 e. The molecule has 0 spiro atoms. The summed E-state index contributed by atoms with van der Waals surface area (Å²) in [6, 6.07) is 8.46. The Morgan fingerprint density at radius 1 is 0.848 bits per heavy atom. The van der Waals surface area contributed by atoms with Gasteiger partial charge in [-0.25, -0.2) is 0 Å². The minimum absolute atomic E-state index is 0.0731. The average molecular weight is 483 g/mol. The van der Waals surface area contributed by atoms with Crippen LogP contribution in [-0.4, -0.2) is 113 Å². The lowest BCUT2D eigenvalue weighted by molar-refractivity contribution is -0.140. The molecule has 0 radical (unpaired) electrons. The van der Waals surface area contributed by atoms with Gasteiger partial charge in [0.15, 0.2) is 0 Å². The van der Waals surface area contributed by atoms with Crippen molar-refractivity contribution in [3.05, 3.63) is 35.4 Å². The summed E-state index contributed by atoms with van der Waals surface area (Å²) in [6.07, 6.45) is 1.73. The SMILES string of the molecule is CC.Cc1ccc(CPN2CCN(C=O)CCN(CC(=O)O)CCN(CC(=O)O)CC2)cc1. The molecule has 0 aliphatic carbocycles. The van der Waals surface area contributed by atoms with Gasteiger partial charge in [0.05, 0.1) is 13.1 Å². The molecule has 1 aliphatic heterocycles. The lowest BCUT2D eigenvalue weighted by Crippen LogP contribution is -2.46. The van der Waals surface area contributed by atoms with Crippen molar-refractivity contribution in [2.75, 3.05) is 65.4 Å². The Morgan fingerprint density at radius 2 is 1.30 bits per heavy atom. The van der Waals surface area contributed by atoms with E-state index in [2.05, 4.69) is 35.9 Å². The van der Waals surface area contributed by atoms with E-state index in [1.54, 1.807) is 9.80 Å². The Hall–Kier alpha value is -2.06. The van der Waals surface area contributed by atoms with Gasteiger partial charge >= 0.3 is 11.9 Å². The summed E-state index contributed by atoms with van der Waals surface area (Å²) in [5, 5.41) is 18.4. The maximum Gasteiger partial charge on any atom is 0.317 e. The number of nitrogens with zero attached hydrogens (tertiary/aromatic N) is 4. The number of rotatable bonds is 8. The molecule has 1 aromatic rings. The van der Waals surface area contributed by atoms with E-state index in [-0.39, 0.29) is 13.1 Å². The van der Waals surface area contributed by atoms with Gasteiger partial charge < -0.3 is 15.1 Å². The molecule has 1 heterocycles. The molecule has 1 saturated heterocycles. The summed E-state index contributed by atoms with van der Waals surface area (Å²) in [5.41, 5.74) is 2.48. The number of carboxylic acids is 2. The van der Waals surface area contributed by atoms with Crippen LogP contribution in [0.25, 0.3) is 0 Å². The van der Waals surface area contributed by atoms with Crippen molar-refractivity contribution in [2.24, 2.45) is 0 Å². The van der Waals surface area contributed by atoms with Gasteiger partial charge in [0.25, 0.3) is 0 Å². The number of carbonyl (C=O) groups excluding carboxylic acids is 1. The molecule has 1 aromatic carbocycles. The van der Waals surface area contributed by atoms with E-state index in [9.17, 15) is 19.5 Å². The molecule has 1 atom stereocenters. The van der Waals surface area contributed by atoms with Gasteiger partial charge in [-0.2, -0.15) is 0 Å². The molecule has 0 bridgehead atoms.